The highest BCUT2D eigenvalue weighted by Crippen LogP contribution is 2.41. The first-order chi connectivity index (χ1) is 18.1. The van der Waals surface area contributed by atoms with Gasteiger partial charge in [0.25, 0.3) is 5.91 Å². The Kier molecular flexibility index (Phi) is 8.58. The highest BCUT2D eigenvalue weighted by atomic mass is 19.1. The highest BCUT2D eigenvalue weighted by molar-refractivity contribution is 5.95. The van der Waals surface area contributed by atoms with E-state index in [0.717, 1.165) is 6.42 Å². The van der Waals surface area contributed by atoms with Crippen molar-refractivity contribution in [1.29, 1.82) is 0 Å². The van der Waals surface area contributed by atoms with Gasteiger partial charge < -0.3 is 30.0 Å². The van der Waals surface area contributed by atoms with E-state index in [1.807, 2.05) is 48.7 Å². The monoisotopic (exact) mass is 522 g/mol. The Morgan fingerprint density at radius 1 is 1.11 bits per heavy atom. The van der Waals surface area contributed by atoms with Crippen LogP contribution in [-0.4, -0.2) is 49.9 Å². The average molecular weight is 523 g/mol. The second-order valence-electron chi connectivity index (χ2n) is 10.2. The Balaban J connectivity index is 1.59. The van der Waals surface area contributed by atoms with Gasteiger partial charge in [0.1, 0.15) is 17.3 Å². The molecule has 0 bridgehead atoms. The summed E-state index contributed by atoms with van der Waals surface area (Å²) in [5, 5.41) is 34.2. The van der Waals surface area contributed by atoms with Gasteiger partial charge in [-0.2, -0.15) is 0 Å². The molecule has 3 N–H and O–H groups in total. The zero-order valence-electron chi connectivity index (χ0n) is 21.5. The third kappa shape index (κ3) is 6.65. The van der Waals surface area contributed by atoms with E-state index in [1.54, 1.807) is 12.1 Å². The summed E-state index contributed by atoms with van der Waals surface area (Å²) in [4.78, 5) is 28.9. The number of carboxylic acid groups (broad SMARTS) is 1. The number of carboxylic acids is 1. The molecule has 202 valence electrons. The summed E-state index contributed by atoms with van der Waals surface area (Å²) < 4.78 is 15.5. The van der Waals surface area contributed by atoms with Crippen LogP contribution in [0, 0.1) is 5.82 Å². The Hall–Kier alpha value is -3.56. The maximum Gasteiger partial charge on any atom is 0.272 e. The average Bonchev–Trinajstić information content (AvgIpc) is 3.52. The second-order valence-corrected chi connectivity index (χ2v) is 10.2. The molecular weight excluding hydrogens is 489 g/mol. The van der Waals surface area contributed by atoms with E-state index < -0.39 is 30.4 Å². The van der Waals surface area contributed by atoms with E-state index in [0.29, 0.717) is 17.1 Å². The standard InChI is InChI=1S/C29H34FN3O5/c1-17(2)27-26(29(38)31-24-16-23(24)18-6-4-3-5-7-18)32-28(19-8-10-20(30)11-9-19)33(27)13-12-21(34)14-22(35)15-25(36)37/h3-11,17,21-24,34-35H,12-16H2,1-2H3,(H,31,38)(H,36,37)/p-1/t21-,22-,23-,24+/m1/s1. The van der Waals surface area contributed by atoms with E-state index in [-0.39, 0.29) is 48.9 Å². The molecule has 4 atom stereocenters. The van der Waals surface area contributed by atoms with E-state index in [9.17, 15) is 29.3 Å². The smallest absolute Gasteiger partial charge is 0.272 e. The van der Waals surface area contributed by atoms with Gasteiger partial charge in [0, 0.05) is 36.5 Å². The number of carbonyl (C=O) groups is 2. The zero-order valence-corrected chi connectivity index (χ0v) is 21.5. The van der Waals surface area contributed by atoms with E-state index in [1.165, 1.54) is 17.7 Å². The number of halogens is 1. The number of hydrogen-bond donors (Lipinski definition) is 3. The third-order valence-corrected chi connectivity index (χ3v) is 6.84. The second kappa shape index (κ2) is 11.9. The molecular formula is C29H33FN3O5-. The number of rotatable bonds is 12. The van der Waals surface area contributed by atoms with Crippen LogP contribution < -0.4 is 10.4 Å². The van der Waals surface area contributed by atoms with Crippen LogP contribution >= 0.6 is 0 Å². The van der Waals surface area contributed by atoms with Crippen LogP contribution in [-0.2, 0) is 11.3 Å². The number of aromatic nitrogens is 2. The molecule has 1 aliphatic carbocycles. The predicted octanol–water partition coefficient (Wildman–Crippen LogP) is 2.74. The molecule has 0 unspecified atom stereocenters. The van der Waals surface area contributed by atoms with Crippen molar-refractivity contribution < 1.29 is 29.3 Å². The quantitative estimate of drug-likeness (QED) is 0.336. The van der Waals surface area contributed by atoms with Gasteiger partial charge in [-0.05, 0) is 55.0 Å². The van der Waals surface area contributed by atoms with Crippen LogP contribution in [0.15, 0.2) is 54.6 Å². The van der Waals surface area contributed by atoms with Gasteiger partial charge in [0.2, 0.25) is 0 Å². The van der Waals surface area contributed by atoms with Crippen LogP contribution in [0.4, 0.5) is 4.39 Å². The predicted molar refractivity (Wildman–Crippen MR) is 138 cm³/mol. The number of aliphatic carboxylic acids is 1. The Bertz CT molecular complexity index is 1260. The van der Waals surface area contributed by atoms with Gasteiger partial charge in [-0.25, -0.2) is 9.37 Å². The van der Waals surface area contributed by atoms with Crippen molar-refractivity contribution in [1.82, 2.24) is 14.9 Å². The van der Waals surface area contributed by atoms with E-state index >= 15 is 0 Å². The molecule has 8 nitrogen and oxygen atoms in total. The van der Waals surface area contributed by atoms with Gasteiger partial charge in [-0.3, -0.25) is 4.79 Å². The summed E-state index contributed by atoms with van der Waals surface area (Å²) in [6, 6.07) is 15.8. The first kappa shape index (κ1) is 27.5. The zero-order chi connectivity index (χ0) is 27.4. The first-order valence-electron chi connectivity index (χ1n) is 12.9. The fourth-order valence-electron chi connectivity index (χ4n) is 4.91. The maximum atomic E-state index is 13.6. The molecule has 1 aliphatic rings. The summed E-state index contributed by atoms with van der Waals surface area (Å²) in [7, 11) is 0. The molecule has 0 aliphatic heterocycles. The number of nitrogens with zero attached hydrogens (tertiary/aromatic N) is 2. The van der Waals surface area contributed by atoms with Gasteiger partial charge >= 0.3 is 0 Å². The molecule has 1 heterocycles. The van der Waals surface area contributed by atoms with Crippen LogP contribution in [0.2, 0.25) is 0 Å². The summed E-state index contributed by atoms with van der Waals surface area (Å²) in [5.74, 6) is -1.44. The highest BCUT2D eigenvalue weighted by Gasteiger charge is 2.40. The minimum Gasteiger partial charge on any atom is -0.550 e. The van der Waals surface area contributed by atoms with Crippen molar-refractivity contribution in [2.75, 3.05) is 0 Å². The largest absolute Gasteiger partial charge is 0.550 e. The molecule has 1 aromatic heterocycles. The molecule has 9 heteroatoms. The third-order valence-electron chi connectivity index (χ3n) is 6.84. The van der Waals surface area contributed by atoms with Crippen molar-refractivity contribution in [3.63, 3.8) is 0 Å². The molecule has 1 amide bonds. The lowest BCUT2D eigenvalue weighted by Gasteiger charge is -2.19. The van der Waals surface area contributed by atoms with Crippen LogP contribution in [0.5, 0.6) is 0 Å². The van der Waals surface area contributed by atoms with Gasteiger partial charge in [-0.15, -0.1) is 0 Å². The van der Waals surface area contributed by atoms with E-state index in [4.69, 9.17) is 4.98 Å². The van der Waals surface area contributed by atoms with Gasteiger partial charge in [0.05, 0.1) is 17.9 Å². The number of nitrogens with one attached hydrogen (secondary N) is 1. The molecule has 1 fully saturated rings. The topological polar surface area (TPSA) is 128 Å². The normalized spacial score (nSPS) is 18.3. The van der Waals surface area contributed by atoms with Crippen LogP contribution in [0.1, 0.15) is 73.1 Å². The Labute approximate surface area is 221 Å². The molecule has 0 radical (unpaired) electrons. The Morgan fingerprint density at radius 3 is 2.42 bits per heavy atom. The molecule has 38 heavy (non-hydrogen) atoms. The fourth-order valence-corrected chi connectivity index (χ4v) is 4.91. The minimum atomic E-state index is -1.39. The number of carbonyl (C=O) groups excluding carboxylic acids is 2. The number of aliphatic hydroxyl groups excluding tert-OH is 2. The lowest BCUT2D eigenvalue weighted by Crippen LogP contribution is -2.30. The number of imidazole rings is 1. The van der Waals surface area contributed by atoms with Crippen molar-refractivity contribution in [3.8, 4) is 11.4 Å². The SMILES string of the molecule is CC(C)c1c(C(=O)N[C@H]2C[C@@H]2c2ccccc2)nc(-c2ccc(F)cc2)n1CC[C@@H](O)C[C@@H](O)CC(=O)[O-]. The van der Waals surface area contributed by atoms with Gasteiger partial charge in [-0.1, -0.05) is 44.2 Å². The molecule has 2 aromatic carbocycles. The first-order valence-corrected chi connectivity index (χ1v) is 12.9. The lowest BCUT2D eigenvalue weighted by molar-refractivity contribution is -0.307. The number of aliphatic hydroxyl groups is 2. The fraction of sp³-hybridized carbons (Fsp3) is 0.414. The number of amides is 1. The van der Waals surface area contributed by atoms with Crippen molar-refractivity contribution in [2.45, 2.75) is 76.2 Å². The van der Waals surface area contributed by atoms with E-state index in [2.05, 4.69) is 5.32 Å². The minimum absolute atomic E-state index is 0.0105. The molecule has 3 aromatic rings. The summed E-state index contributed by atoms with van der Waals surface area (Å²) in [6.45, 7) is 4.15. The number of hydrogen-bond acceptors (Lipinski definition) is 6. The van der Waals surface area contributed by atoms with Crippen LogP contribution in [0.3, 0.4) is 0 Å². The molecule has 4 rings (SSSR count). The molecule has 1 saturated carbocycles. The maximum absolute atomic E-state index is 13.6. The number of benzene rings is 2. The van der Waals surface area contributed by atoms with Gasteiger partial charge in [0.15, 0.2) is 0 Å². The van der Waals surface area contributed by atoms with Crippen molar-refractivity contribution in [2.24, 2.45) is 0 Å². The van der Waals surface area contributed by atoms with Crippen molar-refractivity contribution >= 4 is 11.9 Å². The van der Waals surface area contributed by atoms with Crippen molar-refractivity contribution in [3.05, 3.63) is 77.4 Å². The summed E-state index contributed by atoms with van der Waals surface area (Å²) in [6.07, 6.45) is -1.86. The summed E-state index contributed by atoms with van der Waals surface area (Å²) >= 11 is 0. The van der Waals surface area contributed by atoms with Crippen LogP contribution in [0.25, 0.3) is 11.4 Å². The Morgan fingerprint density at radius 2 is 1.79 bits per heavy atom. The molecule has 0 spiro atoms. The molecule has 0 saturated heterocycles. The lowest BCUT2D eigenvalue weighted by atomic mass is 10.0. The summed E-state index contributed by atoms with van der Waals surface area (Å²) in [5.41, 5.74) is 2.76.